The van der Waals surface area contributed by atoms with Crippen molar-refractivity contribution in [3.8, 4) is 0 Å². The van der Waals surface area contributed by atoms with Gasteiger partial charge in [-0.3, -0.25) is 0 Å². The third-order valence-electron chi connectivity index (χ3n) is 3.45. The van der Waals surface area contributed by atoms with Gasteiger partial charge in [-0.15, -0.1) is 0 Å². The summed E-state index contributed by atoms with van der Waals surface area (Å²) < 4.78 is 1.98. The molecule has 0 radical (unpaired) electrons. The van der Waals surface area contributed by atoms with Gasteiger partial charge in [0.1, 0.15) is 5.82 Å². The largest absolute Gasteiger partial charge is 0.372 e. The third-order valence-corrected chi connectivity index (χ3v) is 3.45. The summed E-state index contributed by atoms with van der Waals surface area (Å²) in [4.78, 5) is 8.86. The molecule has 5 nitrogen and oxygen atoms in total. The molecule has 3 rings (SSSR count). The van der Waals surface area contributed by atoms with E-state index >= 15 is 0 Å². The number of aromatic nitrogens is 3. The lowest BCUT2D eigenvalue weighted by molar-refractivity contribution is 0.630. The van der Waals surface area contributed by atoms with Crippen molar-refractivity contribution >= 4 is 17.3 Å². The van der Waals surface area contributed by atoms with E-state index in [1.165, 1.54) is 6.42 Å². The van der Waals surface area contributed by atoms with E-state index in [1.54, 1.807) is 6.20 Å². The Morgan fingerprint density at radius 2 is 2.24 bits per heavy atom. The fourth-order valence-electron chi connectivity index (χ4n) is 2.03. The summed E-state index contributed by atoms with van der Waals surface area (Å²) >= 11 is 0. The molecule has 2 aromatic heterocycles. The van der Waals surface area contributed by atoms with Crippen molar-refractivity contribution < 1.29 is 0 Å². The first-order valence-corrected chi connectivity index (χ1v) is 5.88. The van der Waals surface area contributed by atoms with Gasteiger partial charge < -0.3 is 15.0 Å². The number of hydrogen-bond donors (Lipinski definition) is 2. The van der Waals surface area contributed by atoms with Crippen molar-refractivity contribution in [2.75, 3.05) is 17.7 Å². The highest BCUT2D eigenvalue weighted by atomic mass is 15.2. The molecule has 90 valence electrons. The maximum atomic E-state index is 4.53. The topological polar surface area (TPSA) is 54.2 Å². The molecule has 1 saturated carbocycles. The van der Waals surface area contributed by atoms with E-state index in [0.717, 1.165) is 17.3 Å². The van der Waals surface area contributed by atoms with Crippen LogP contribution in [-0.2, 0) is 0 Å². The molecule has 0 bridgehead atoms. The molecule has 0 amide bonds. The third kappa shape index (κ3) is 1.71. The Bertz CT molecular complexity index is 557. The first kappa shape index (κ1) is 10.4. The van der Waals surface area contributed by atoms with Gasteiger partial charge in [-0.25, -0.2) is 9.97 Å². The monoisotopic (exact) mass is 231 g/mol. The molecule has 1 unspecified atom stereocenters. The molecule has 1 fully saturated rings. The first-order chi connectivity index (χ1) is 8.10. The Balaban J connectivity index is 1.99. The maximum Gasteiger partial charge on any atom is 0.180 e. The molecule has 1 aliphatic rings. The molecule has 2 aromatic rings. The van der Waals surface area contributed by atoms with E-state index < -0.39 is 0 Å². The van der Waals surface area contributed by atoms with Crippen LogP contribution in [0.2, 0.25) is 0 Å². The maximum absolute atomic E-state index is 4.53. The highest BCUT2D eigenvalue weighted by Crippen LogP contribution is 2.46. The molecule has 0 spiro atoms. The lowest BCUT2D eigenvalue weighted by Crippen LogP contribution is -2.12. The molecular formula is C12H17N5. The molecule has 1 aliphatic carbocycles. The molecule has 2 heterocycles. The van der Waals surface area contributed by atoms with Crippen molar-refractivity contribution in [2.45, 2.75) is 26.3 Å². The normalized spacial score (nSPS) is 21.5. The summed E-state index contributed by atoms with van der Waals surface area (Å²) in [5.74, 6) is 1.70. The van der Waals surface area contributed by atoms with Crippen LogP contribution < -0.4 is 10.6 Å². The van der Waals surface area contributed by atoms with Gasteiger partial charge in [0.15, 0.2) is 11.5 Å². The highest BCUT2D eigenvalue weighted by molar-refractivity contribution is 5.66. The number of rotatable bonds is 3. The van der Waals surface area contributed by atoms with Crippen LogP contribution in [0.1, 0.15) is 20.3 Å². The standard InChI is InChI=1S/C12H17N5/c1-12(2)6-8(12)15-10-11-14-4-5-17(11)7-9(13-3)16-10/h4-5,7-8,13H,6H2,1-3H3,(H,15,16). The summed E-state index contributed by atoms with van der Waals surface area (Å²) in [5.41, 5.74) is 1.26. The summed E-state index contributed by atoms with van der Waals surface area (Å²) in [7, 11) is 1.87. The van der Waals surface area contributed by atoms with Gasteiger partial charge in [0, 0.05) is 25.5 Å². The second-order valence-electron chi connectivity index (χ2n) is 5.27. The molecule has 0 aromatic carbocycles. The Morgan fingerprint density at radius 3 is 2.88 bits per heavy atom. The molecule has 0 aliphatic heterocycles. The van der Waals surface area contributed by atoms with Crippen molar-refractivity contribution in [3.63, 3.8) is 0 Å². The van der Waals surface area contributed by atoms with Crippen molar-refractivity contribution in [1.29, 1.82) is 0 Å². The minimum atomic E-state index is 0.376. The van der Waals surface area contributed by atoms with Crippen LogP contribution in [-0.4, -0.2) is 27.5 Å². The van der Waals surface area contributed by atoms with Gasteiger partial charge >= 0.3 is 0 Å². The predicted octanol–water partition coefficient (Wildman–Crippen LogP) is 1.98. The van der Waals surface area contributed by atoms with Crippen LogP contribution in [0.3, 0.4) is 0 Å². The molecular weight excluding hydrogens is 214 g/mol. The van der Waals surface area contributed by atoms with Crippen LogP contribution >= 0.6 is 0 Å². The van der Waals surface area contributed by atoms with Gasteiger partial charge in [0.2, 0.25) is 0 Å². The van der Waals surface area contributed by atoms with E-state index in [0.29, 0.717) is 11.5 Å². The van der Waals surface area contributed by atoms with Gasteiger partial charge in [-0.2, -0.15) is 0 Å². The van der Waals surface area contributed by atoms with Crippen LogP contribution in [0, 0.1) is 5.41 Å². The molecule has 5 heteroatoms. The lowest BCUT2D eigenvalue weighted by atomic mass is 10.2. The zero-order chi connectivity index (χ0) is 12.0. The smallest absolute Gasteiger partial charge is 0.180 e. The fourth-order valence-corrected chi connectivity index (χ4v) is 2.03. The van der Waals surface area contributed by atoms with E-state index in [4.69, 9.17) is 0 Å². The summed E-state index contributed by atoms with van der Waals surface area (Å²) in [6, 6.07) is 0.502. The van der Waals surface area contributed by atoms with Crippen LogP contribution in [0.25, 0.3) is 5.65 Å². The number of nitrogens with zero attached hydrogens (tertiary/aromatic N) is 3. The van der Waals surface area contributed by atoms with Gasteiger partial charge in [-0.1, -0.05) is 13.8 Å². The molecule has 2 N–H and O–H groups in total. The van der Waals surface area contributed by atoms with E-state index in [2.05, 4.69) is 34.4 Å². The van der Waals surface area contributed by atoms with E-state index in [-0.39, 0.29) is 0 Å². The predicted molar refractivity (Wildman–Crippen MR) is 68.3 cm³/mol. The Morgan fingerprint density at radius 1 is 1.47 bits per heavy atom. The van der Waals surface area contributed by atoms with Crippen LogP contribution in [0.15, 0.2) is 18.6 Å². The average Bonchev–Trinajstić information content (AvgIpc) is 2.74. The minimum Gasteiger partial charge on any atom is -0.372 e. The minimum absolute atomic E-state index is 0.376. The molecule has 1 atom stereocenters. The zero-order valence-electron chi connectivity index (χ0n) is 10.4. The number of fused-ring (bicyclic) bond motifs is 1. The first-order valence-electron chi connectivity index (χ1n) is 5.88. The zero-order valence-corrected chi connectivity index (χ0v) is 10.4. The van der Waals surface area contributed by atoms with Crippen molar-refractivity contribution in [3.05, 3.63) is 18.6 Å². The summed E-state index contributed by atoms with van der Waals surface area (Å²) in [6.07, 6.45) is 6.84. The Kier molecular flexibility index (Phi) is 2.05. The quantitative estimate of drug-likeness (QED) is 0.848. The molecule has 17 heavy (non-hydrogen) atoms. The number of imidazole rings is 1. The van der Waals surface area contributed by atoms with Gasteiger partial charge in [-0.05, 0) is 11.8 Å². The Hall–Kier alpha value is -1.78. The van der Waals surface area contributed by atoms with Gasteiger partial charge in [0.05, 0.1) is 6.20 Å². The summed E-state index contributed by atoms with van der Waals surface area (Å²) in [6.45, 7) is 4.52. The average molecular weight is 231 g/mol. The number of anilines is 2. The second kappa shape index (κ2) is 3.35. The van der Waals surface area contributed by atoms with Crippen molar-refractivity contribution in [1.82, 2.24) is 14.4 Å². The lowest BCUT2D eigenvalue weighted by Gasteiger charge is -2.10. The number of nitrogens with one attached hydrogen (secondary N) is 2. The number of hydrogen-bond acceptors (Lipinski definition) is 4. The van der Waals surface area contributed by atoms with Gasteiger partial charge in [0.25, 0.3) is 0 Å². The van der Waals surface area contributed by atoms with Crippen LogP contribution in [0.5, 0.6) is 0 Å². The van der Waals surface area contributed by atoms with E-state index in [9.17, 15) is 0 Å². The highest BCUT2D eigenvalue weighted by Gasteiger charge is 2.46. The Labute approximate surface area is 100 Å². The second-order valence-corrected chi connectivity index (χ2v) is 5.27. The van der Waals surface area contributed by atoms with E-state index in [1.807, 2.05) is 23.8 Å². The molecule has 0 saturated heterocycles. The fraction of sp³-hybridized carbons (Fsp3) is 0.500. The SMILES string of the molecule is CNc1cn2ccnc2c(NC2CC2(C)C)n1. The van der Waals surface area contributed by atoms with Crippen LogP contribution in [0.4, 0.5) is 11.6 Å². The summed E-state index contributed by atoms with van der Waals surface area (Å²) in [5, 5.41) is 6.54. The van der Waals surface area contributed by atoms with Crippen molar-refractivity contribution in [2.24, 2.45) is 5.41 Å².